The van der Waals surface area contributed by atoms with Crippen molar-refractivity contribution in [1.82, 2.24) is 14.8 Å². The quantitative estimate of drug-likeness (QED) is 0.725. The minimum absolute atomic E-state index is 0.159. The number of aromatic nitrogens is 3. The van der Waals surface area contributed by atoms with Gasteiger partial charge in [0.2, 0.25) is 5.28 Å². The van der Waals surface area contributed by atoms with Crippen LogP contribution in [0.1, 0.15) is 0 Å². The number of aryl methyl sites for hydroxylation is 1. The molecule has 0 unspecified atom stereocenters. The average Bonchev–Trinajstić information content (AvgIpc) is 2.45. The van der Waals surface area contributed by atoms with Crippen molar-refractivity contribution in [3.63, 3.8) is 0 Å². The van der Waals surface area contributed by atoms with Gasteiger partial charge in [0.15, 0.2) is 5.82 Å². The van der Waals surface area contributed by atoms with Crippen LogP contribution in [0.3, 0.4) is 0 Å². The summed E-state index contributed by atoms with van der Waals surface area (Å²) < 4.78 is 14.4. The molecular formula is C9H7ClFN3. The Morgan fingerprint density at radius 2 is 2.21 bits per heavy atom. The molecule has 14 heavy (non-hydrogen) atoms. The SMILES string of the molecule is Cn1nc(Cl)nc1-c1cccc(F)c1. The molecule has 0 bridgehead atoms. The molecule has 0 radical (unpaired) electrons. The fourth-order valence-electron chi connectivity index (χ4n) is 1.23. The summed E-state index contributed by atoms with van der Waals surface area (Å²) in [6.45, 7) is 0. The maximum Gasteiger partial charge on any atom is 0.242 e. The molecule has 1 heterocycles. The molecule has 3 nitrogen and oxygen atoms in total. The first-order chi connectivity index (χ1) is 6.66. The third-order valence-corrected chi connectivity index (χ3v) is 1.98. The summed E-state index contributed by atoms with van der Waals surface area (Å²) >= 11 is 5.62. The lowest BCUT2D eigenvalue weighted by Crippen LogP contribution is -1.94. The molecule has 72 valence electrons. The molecule has 5 heteroatoms. The van der Waals surface area contributed by atoms with Crippen LogP contribution in [0.25, 0.3) is 11.4 Å². The number of benzene rings is 1. The Labute approximate surface area is 85.1 Å². The molecule has 0 aliphatic heterocycles. The van der Waals surface area contributed by atoms with E-state index < -0.39 is 0 Å². The third-order valence-electron chi connectivity index (χ3n) is 1.82. The Hall–Kier alpha value is -1.42. The average molecular weight is 212 g/mol. The summed E-state index contributed by atoms with van der Waals surface area (Å²) in [6.07, 6.45) is 0. The summed E-state index contributed by atoms with van der Waals surface area (Å²) in [5.41, 5.74) is 0.659. The van der Waals surface area contributed by atoms with Gasteiger partial charge < -0.3 is 0 Å². The highest BCUT2D eigenvalue weighted by atomic mass is 35.5. The highest BCUT2D eigenvalue weighted by Gasteiger charge is 2.07. The summed E-state index contributed by atoms with van der Waals surface area (Å²) in [4.78, 5) is 3.97. The lowest BCUT2D eigenvalue weighted by Gasteiger charge is -1.98. The van der Waals surface area contributed by atoms with Gasteiger partial charge in [-0.3, -0.25) is 0 Å². The molecule has 0 amide bonds. The van der Waals surface area contributed by atoms with Gasteiger partial charge in [-0.05, 0) is 23.7 Å². The molecule has 2 aromatic rings. The predicted molar refractivity (Wildman–Crippen MR) is 51.4 cm³/mol. The van der Waals surface area contributed by atoms with Gasteiger partial charge in [-0.2, -0.15) is 4.98 Å². The van der Waals surface area contributed by atoms with Gasteiger partial charge in [-0.15, -0.1) is 5.10 Å². The Balaban J connectivity index is 2.54. The third kappa shape index (κ3) is 1.61. The fraction of sp³-hybridized carbons (Fsp3) is 0.111. The molecule has 1 aromatic carbocycles. The molecular weight excluding hydrogens is 205 g/mol. The minimum atomic E-state index is -0.304. The largest absolute Gasteiger partial charge is 0.247 e. The van der Waals surface area contributed by atoms with Crippen molar-refractivity contribution in [3.05, 3.63) is 35.4 Å². The van der Waals surface area contributed by atoms with E-state index in [1.54, 1.807) is 19.2 Å². The normalized spacial score (nSPS) is 10.5. The molecule has 0 saturated carbocycles. The van der Waals surface area contributed by atoms with E-state index in [0.717, 1.165) is 0 Å². The van der Waals surface area contributed by atoms with E-state index in [9.17, 15) is 4.39 Å². The van der Waals surface area contributed by atoms with Crippen molar-refractivity contribution >= 4 is 11.6 Å². The summed E-state index contributed by atoms with van der Waals surface area (Å²) in [7, 11) is 1.71. The number of rotatable bonds is 1. The zero-order chi connectivity index (χ0) is 10.1. The minimum Gasteiger partial charge on any atom is -0.247 e. The van der Waals surface area contributed by atoms with Crippen LogP contribution in [-0.4, -0.2) is 14.8 Å². The smallest absolute Gasteiger partial charge is 0.242 e. The van der Waals surface area contributed by atoms with Gasteiger partial charge in [0.05, 0.1) is 0 Å². The van der Waals surface area contributed by atoms with Gasteiger partial charge in [-0.1, -0.05) is 12.1 Å². The number of hydrogen-bond donors (Lipinski definition) is 0. The topological polar surface area (TPSA) is 30.7 Å². The van der Waals surface area contributed by atoms with E-state index in [1.165, 1.54) is 16.8 Å². The zero-order valence-corrected chi connectivity index (χ0v) is 8.16. The van der Waals surface area contributed by atoms with Crippen molar-refractivity contribution in [3.8, 4) is 11.4 Å². The maximum atomic E-state index is 12.9. The summed E-state index contributed by atoms with van der Waals surface area (Å²) in [6, 6.07) is 6.14. The van der Waals surface area contributed by atoms with Crippen LogP contribution in [-0.2, 0) is 7.05 Å². The van der Waals surface area contributed by atoms with Crippen molar-refractivity contribution in [1.29, 1.82) is 0 Å². The van der Waals surface area contributed by atoms with Crippen molar-refractivity contribution in [2.75, 3.05) is 0 Å². The van der Waals surface area contributed by atoms with Crippen LogP contribution < -0.4 is 0 Å². The van der Waals surface area contributed by atoms with Crippen LogP contribution in [0.15, 0.2) is 24.3 Å². The standard InChI is InChI=1S/C9H7ClFN3/c1-14-8(12-9(10)13-14)6-3-2-4-7(11)5-6/h2-5H,1H3. The summed E-state index contributed by atoms with van der Waals surface area (Å²) in [5.74, 6) is 0.246. The molecule has 0 saturated heterocycles. The number of hydrogen-bond acceptors (Lipinski definition) is 2. The van der Waals surface area contributed by atoms with Crippen LogP contribution in [0, 0.1) is 5.82 Å². The second-order valence-electron chi connectivity index (χ2n) is 2.84. The van der Waals surface area contributed by atoms with Crippen molar-refractivity contribution < 1.29 is 4.39 Å². The molecule has 0 fully saturated rings. The Morgan fingerprint density at radius 3 is 2.79 bits per heavy atom. The van der Waals surface area contributed by atoms with Crippen molar-refractivity contribution in [2.45, 2.75) is 0 Å². The second kappa shape index (κ2) is 3.38. The van der Waals surface area contributed by atoms with E-state index in [2.05, 4.69) is 10.1 Å². The van der Waals surface area contributed by atoms with Gasteiger partial charge in [0.1, 0.15) is 5.82 Å². The van der Waals surface area contributed by atoms with E-state index >= 15 is 0 Å². The lowest BCUT2D eigenvalue weighted by atomic mass is 10.2. The summed E-state index contributed by atoms with van der Waals surface area (Å²) in [5, 5.41) is 4.02. The molecule has 0 atom stereocenters. The second-order valence-corrected chi connectivity index (χ2v) is 3.18. The van der Waals surface area contributed by atoms with Crippen molar-refractivity contribution in [2.24, 2.45) is 7.05 Å². The maximum absolute atomic E-state index is 12.9. The molecule has 2 rings (SSSR count). The van der Waals surface area contributed by atoms with E-state index in [0.29, 0.717) is 11.4 Å². The first-order valence-corrected chi connectivity index (χ1v) is 4.37. The highest BCUT2D eigenvalue weighted by Crippen LogP contribution is 2.18. The molecule has 0 N–H and O–H groups in total. The number of halogens is 2. The molecule has 0 aliphatic rings. The number of nitrogens with zero attached hydrogens (tertiary/aromatic N) is 3. The van der Waals surface area contributed by atoms with E-state index in [1.807, 2.05) is 0 Å². The highest BCUT2D eigenvalue weighted by molar-refractivity contribution is 6.28. The Bertz CT molecular complexity index is 467. The van der Waals surface area contributed by atoms with Crippen LogP contribution in [0.4, 0.5) is 4.39 Å². The van der Waals surface area contributed by atoms with Gasteiger partial charge >= 0.3 is 0 Å². The monoisotopic (exact) mass is 211 g/mol. The fourth-order valence-corrected chi connectivity index (χ4v) is 1.43. The molecule has 0 spiro atoms. The zero-order valence-electron chi connectivity index (χ0n) is 7.41. The van der Waals surface area contributed by atoms with E-state index in [-0.39, 0.29) is 11.1 Å². The van der Waals surface area contributed by atoms with Gasteiger partial charge in [-0.25, -0.2) is 9.07 Å². The lowest BCUT2D eigenvalue weighted by molar-refractivity contribution is 0.628. The van der Waals surface area contributed by atoms with Crippen LogP contribution in [0.2, 0.25) is 5.28 Å². The van der Waals surface area contributed by atoms with Crippen LogP contribution >= 0.6 is 11.6 Å². The Morgan fingerprint density at radius 1 is 1.43 bits per heavy atom. The molecule has 0 aliphatic carbocycles. The first kappa shape index (κ1) is 9.15. The van der Waals surface area contributed by atoms with Gasteiger partial charge in [0, 0.05) is 12.6 Å². The predicted octanol–water partition coefficient (Wildman–Crippen LogP) is 2.27. The van der Waals surface area contributed by atoms with Crippen LogP contribution in [0.5, 0.6) is 0 Å². The molecule has 1 aromatic heterocycles. The van der Waals surface area contributed by atoms with E-state index in [4.69, 9.17) is 11.6 Å². The Kier molecular flexibility index (Phi) is 2.21. The van der Waals surface area contributed by atoms with Gasteiger partial charge in [0.25, 0.3) is 0 Å². The first-order valence-electron chi connectivity index (χ1n) is 3.99.